The Hall–Kier alpha value is -2.79. The molecule has 27 heavy (non-hydrogen) atoms. The molecule has 0 bridgehead atoms. The lowest BCUT2D eigenvalue weighted by atomic mass is 10.0. The van der Waals surface area contributed by atoms with Crippen molar-refractivity contribution in [2.24, 2.45) is 0 Å². The van der Waals surface area contributed by atoms with Gasteiger partial charge in [0.15, 0.2) is 0 Å². The summed E-state index contributed by atoms with van der Waals surface area (Å²) in [6.45, 7) is 10.5. The zero-order valence-corrected chi connectivity index (χ0v) is 15.5. The molecule has 3 aromatic rings. The van der Waals surface area contributed by atoms with Crippen LogP contribution >= 0.6 is 0 Å². The van der Waals surface area contributed by atoms with E-state index in [0.29, 0.717) is 0 Å². The second kappa shape index (κ2) is 6.43. The standard InChI is InChI=1S/C22H23N3O2/c1-14-12-23-22-20(14)18(15(2)25-6-9-26-10-7-25)13-24-21(22)17-3-4-19-16(11-17)5-8-27-19/h3-4,11-13,23H,2,5-10H2,1H3. The first kappa shape index (κ1) is 16.4. The topological polar surface area (TPSA) is 50.4 Å². The molecule has 5 nitrogen and oxygen atoms in total. The van der Waals surface area contributed by atoms with Crippen molar-refractivity contribution in [2.75, 3.05) is 32.9 Å². The number of aryl methyl sites for hydroxylation is 1. The van der Waals surface area contributed by atoms with Gasteiger partial charge in [-0.2, -0.15) is 0 Å². The molecule has 0 atom stereocenters. The summed E-state index contributed by atoms with van der Waals surface area (Å²) in [4.78, 5) is 10.6. The van der Waals surface area contributed by atoms with Gasteiger partial charge in [0.1, 0.15) is 5.75 Å². The van der Waals surface area contributed by atoms with Gasteiger partial charge in [0.05, 0.1) is 31.0 Å². The van der Waals surface area contributed by atoms with Gasteiger partial charge in [-0.3, -0.25) is 4.98 Å². The smallest absolute Gasteiger partial charge is 0.122 e. The SMILES string of the molecule is C=C(c1cnc(-c2ccc3c(c2)CCO3)c2[nH]cc(C)c12)N1CCOCC1. The van der Waals surface area contributed by atoms with Crippen molar-refractivity contribution in [3.63, 3.8) is 0 Å². The molecular weight excluding hydrogens is 338 g/mol. The second-order valence-corrected chi connectivity index (χ2v) is 7.21. The summed E-state index contributed by atoms with van der Waals surface area (Å²) in [5.74, 6) is 0.995. The lowest BCUT2D eigenvalue weighted by molar-refractivity contribution is 0.0641. The number of nitrogens with one attached hydrogen (secondary N) is 1. The maximum Gasteiger partial charge on any atom is 0.122 e. The number of morpholine rings is 1. The minimum atomic E-state index is 0.747. The fourth-order valence-corrected chi connectivity index (χ4v) is 4.09. The van der Waals surface area contributed by atoms with Crippen LogP contribution in [-0.2, 0) is 11.2 Å². The molecule has 0 radical (unpaired) electrons. The number of H-pyrrole nitrogens is 1. The maximum absolute atomic E-state index is 5.64. The fourth-order valence-electron chi connectivity index (χ4n) is 4.09. The summed E-state index contributed by atoms with van der Waals surface area (Å²) in [7, 11) is 0. The first-order valence-corrected chi connectivity index (χ1v) is 9.47. The van der Waals surface area contributed by atoms with Gasteiger partial charge < -0.3 is 19.4 Å². The van der Waals surface area contributed by atoms with Gasteiger partial charge >= 0.3 is 0 Å². The van der Waals surface area contributed by atoms with Crippen LogP contribution in [0, 0.1) is 6.92 Å². The number of hydrogen-bond donors (Lipinski definition) is 1. The molecule has 0 saturated carbocycles. The quantitative estimate of drug-likeness (QED) is 0.771. The summed E-state index contributed by atoms with van der Waals surface area (Å²) in [5.41, 5.74) is 7.75. The van der Waals surface area contributed by atoms with Crippen LogP contribution in [0.3, 0.4) is 0 Å². The molecule has 0 aliphatic carbocycles. The van der Waals surface area contributed by atoms with Crippen LogP contribution in [0.2, 0.25) is 0 Å². The highest BCUT2D eigenvalue weighted by atomic mass is 16.5. The highest BCUT2D eigenvalue weighted by Gasteiger charge is 2.20. The predicted octanol–water partition coefficient (Wildman–Crippen LogP) is 3.78. The molecule has 1 saturated heterocycles. The Bertz CT molecular complexity index is 1030. The average Bonchev–Trinajstić information content (AvgIpc) is 3.34. The Balaban J connectivity index is 1.61. The third-order valence-electron chi connectivity index (χ3n) is 5.57. The van der Waals surface area contributed by atoms with Gasteiger partial charge in [-0.1, -0.05) is 6.58 Å². The van der Waals surface area contributed by atoms with E-state index in [9.17, 15) is 0 Å². The zero-order chi connectivity index (χ0) is 18.4. The van der Waals surface area contributed by atoms with Crippen LogP contribution in [0.4, 0.5) is 0 Å². The number of ether oxygens (including phenoxy) is 2. The summed E-state index contributed by atoms with van der Waals surface area (Å²) in [5, 5.41) is 1.20. The van der Waals surface area contributed by atoms with Crippen LogP contribution < -0.4 is 4.74 Å². The molecule has 0 unspecified atom stereocenters. The largest absolute Gasteiger partial charge is 0.493 e. The fraction of sp³-hybridized carbons (Fsp3) is 0.318. The van der Waals surface area contributed by atoms with E-state index >= 15 is 0 Å². The molecule has 2 aliphatic rings. The Morgan fingerprint density at radius 1 is 1.22 bits per heavy atom. The predicted molar refractivity (Wildman–Crippen MR) is 107 cm³/mol. The average molecular weight is 361 g/mol. The molecule has 2 aromatic heterocycles. The van der Waals surface area contributed by atoms with Crippen LogP contribution in [0.15, 0.2) is 37.2 Å². The molecule has 5 rings (SSSR count). The first-order valence-electron chi connectivity index (χ1n) is 9.47. The molecular formula is C22H23N3O2. The third-order valence-corrected chi connectivity index (χ3v) is 5.57. The van der Waals surface area contributed by atoms with Crippen molar-refractivity contribution in [3.8, 4) is 17.0 Å². The maximum atomic E-state index is 5.64. The number of aromatic nitrogens is 2. The molecule has 4 heterocycles. The second-order valence-electron chi connectivity index (χ2n) is 7.21. The number of fused-ring (bicyclic) bond motifs is 2. The lowest BCUT2D eigenvalue weighted by Crippen LogP contribution is -2.34. The lowest BCUT2D eigenvalue weighted by Gasteiger charge is -2.30. The Morgan fingerprint density at radius 3 is 2.93 bits per heavy atom. The van der Waals surface area contributed by atoms with E-state index in [1.807, 2.05) is 6.20 Å². The number of aromatic amines is 1. The summed E-state index contributed by atoms with van der Waals surface area (Å²) >= 11 is 0. The van der Waals surface area contributed by atoms with E-state index in [4.69, 9.17) is 14.5 Å². The van der Waals surface area contributed by atoms with Crippen LogP contribution in [0.1, 0.15) is 16.7 Å². The number of rotatable bonds is 3. The molecule has 0 amide bonds. The van der Waals surface area contributed by atoms with E-state index in [2.05, 4.69) is 47.8 Å². The molecule has 1 aromatic carbocycles. The van der Waals surface area contributed by atoms with Crippen LogP contribution in [-0.4, -0.2) is 47.8 Å². The number of pyridine rings is 1. The Kier molecular flexibility index (Phi) is 3.90. The van der Waals surface area contributed by atoms with Gasteiger partial charge in [-0.05, 0) is 36.2 Å². The van der Waals surface area contributed by atoms with Crippen molar-refractivity contribution in [3.05, 3.63) is 53.9 Å². The van der Waals surface area contributed by atoms with Crippen LogP contribution in [0.5, 0.6) is 5.75 Å². The molecule has 138 valence electrons. The number of hydrogen-bond acceptors (Lipinski definition) is 4. The van der Waals surface area contributed by atoms with Gasteiger partial charge in [-0.25, -0.2) is 0 Å². The van der Waals surface area contributed by atoms with E-state index in [1.165, 1.54) is 16.5 Å². The number of nitrogens with zero attached hydrogens (tertiary/aromatic N) is 2. The van der Waals surface area contributed by atoms with Crippen molar-refractivity contribution in [1.29, 1.82) is 0 Å². The summed E-state index contributed by atoms with van der Waals surface area (Å²) in [6, 6.07) is 6.36. The minimum absolute atomic E-state index is 0.747. The van der Waals surface area contributed by atoms with E-state index in [0.717, 1.165) is 73.1 Å². The summed E-state index contributed by atoms with van der Waals surface area (Å²) in [6.07, 6.45) is 4.99. The van der Waals surface area contributed by atoms with Gasteiger partial charge in [0.2, 0.25) is 0 Å². The minimum Gasteiger partial charge on any atom is -0.493 e. The molecule has 1 fully saturated rings. The van der Waals surface area contributed by atoms with Crippen molar-refractivity contribution >= 4 is 16.6 Å². The normalized spacial score (nSPS) is 16.4. The highest BCUT2D eigenvalue weighted by molar-refractivity contribution is 6.00. The van der Waals surface area contributed by atoms with Crippen molar-refractivity contribution < 1.29 is 9.47 Å². The number of benzene rings is 1. The summed E-state index contributed by atoms with van der Waals surface area (Å²) < 4.78 is 11.1. The van der Waals surface area contributed by atoms with E-state index < -0.39 is 0 Å². The molecule has 0 spiro atoms. The monoisotopic (exact) mass is 361 g/mol. The van der Waals surface area contributed by atoms with Gasteiger partial charge in [0.25, 0.3) is 0 Å². The third kappa shape index (κ3) is 2.70. The Morgan fingerprint density at radius 2 is 2.07 bits per heavy atom. The molecule has 1 N–H and O–H groups in total. The van der Waals surface area contributed by atoms with Gasteiger partial charge in [0, 0.05) is 54.1 Å². The molecule has 5 heteroatoms. The molecule has 2 aliphatic heterocycles. The van der Waals surface area contributed by atoms with Crippen molar-refractivity contribution in [2.45, 2.75) is 13.3 Å². The van der Waals surface area contributed by atoms with E-state index in [1.54, 1.807) is 0 Å². The van der Waals surface area contributed by atoms with Crippen LogP contribution in [0.25, 0.3) is 27.9 Å². The Labute approximate surface area is 158 Å². The van der Waals surface area contributed by atoms with Gasteiger partial charge in [-0.15, -0.1) is 0 Å². The van der Waals surface area contributed by atoms with Crippen molar-refractivity contribution in [1.82, 2.24) is 14.9 Å². The highest BCUT2D eigenvalue weighted by Crippen LogP contribution is 2.36. The first-order chi connectivity index (χ1) is 13.2. The van der Waals surface area contributed by atoms with E-state index in [-0.39, 0.29) is 0 Å². The zero-order valence-electron chi connectivity index (χ0n) is 15.5.